The molecule has 0 N–H and O–H groups in total. The van der Waals surface area contributed by atoms with E-state index >= 15 is 0 Å². The first-order valence-corrected chi connectivity index (χ1v) is 3.84. The Morgan fingerprint density at radius 3 is 2.33 bits per heavy atom. The van der Waals surface area contributed by atoms with Gasteiger partial charge in [0, 0.05) is 4.57 Å². The molecule has 0 aromatic rings. The first-order chi connectivity index (χ1) is 4.36. The Kier molecular flexibility index (Phi) is 1.27. The van der Waals surface area contributed by atoms with E-state index in [4.69, 9.17) is 13.8 Å². The highest BCUT2D eigenvalue weighted by atomic mass is 31.1. The fourth-order valence-electron chi connectivity index (χ4n) is 0.958. The molecule has 2 unspecified atom stereocenters. The zero-order chi connectivity index (χ0) is 6.27. The lowest BCUT2D eigenvalue weighted by Crippen LogP contribution is -2.18. The Balaban J connectivity index is 2.09. The minimum atomic E-state index is -1.83. The van der Waals surface area contributed by atoms with Crippen molar-refractivity contribution in [1.29, 1.82) is 0 Å². The molecule has 0 amide bonds. The molecular formula is C4H6O4P+. The van der Waals surface area contributed by atoms with E-state index in [9.17, 15) is 4.57 Å². The van der Waals surface area contributed by atoms with E-state index in [-0.39, 0.29) is 12.2 Å². The number of fused-ring (bicyclic) bond motifs is 1. The molecule has 0 aromatic carbocycles. The molecule has 2 fully saturated rings. The van der Waals surface area contributed by atoms with Crippen molar-refractivity contribution in [3.05, 3.63) is 0 Å². The number of rotatable bonds is 0. The van der Waals surface area contributed by atoms with Gasteiger partial charge in [0.25, 0.3) is 0 Å². The number of ether oxygens (including phenoxy) is 1. The summed E-state index contributed by atoms with van der Waals surface area (Å²) in [4.78, 5) is 0. The molecule has 0 saturated carbocycles. The molecule has 2 rings (SSSR count). The molecule has 2 saturated heterocycles. The van der Waals surface area contributed by atoms with Crippen LogP contribution in [0.15, 0.2) is 0 Å². The maximum Gasteiger partial charge on any atom is 0.698 e. The van der Waals surface area contributed by atoms with Crippen LogP contribution in [-0.4, -0.2) is 25.4 Å². The topological polar surface area (TPSA) is 44.8 Å². The summed E-state index contributed by atoms with van der Waals surface area (Å²) in [6.07, 6.45) is -0.151. The van der Waals surface area contributed by atoms with Crippen LogP contribution in [0.25, 0.3) is 0 Å². The van der Waals surface area contributed by atoms with Crippen molar-refractivity contribution < 1.29 is 18.3 Å². The Labute approximate surface area is 53.0 Å². The second kappa shape index (κ2) is 1.99. The highest BCUT2D eigenvalue weighted by Gasteiger charge is 2.50. The second-order valence-corrected chi connectivity index (χ2v) is 2.92. The predicted octanol–water partition coefficient (Wildman–Crippen LogP) is 0.458. The van der Waals surface area contributed by atoms with E-state index in [1.807, 2.05) is 0 Å². The van der Waals surface area contributed by atoms with Crippen LogP contribution in [0.3, 0.4) is 0 Å². The second-order valence-electron chi connectivity index (χ2n) is 2.05. The summed E-state index contributed by atoms with van der Waals surface area (Å²) in [5, 5.41) is 0. The van der Waals surface area contributed by atoms with E-state index in [0.29, 0.717) is 13.2 Å². The average molecular weight is 149 g/mol. The highest BCUT2D eigenvalue weighted by molar-refractivity contribution is 7.33. The lowest BCUT2D eigenvalue weighted by atomic mass is 10.3. The van der Waals surface area contributed by atoms with E-state index in [2.05, 4.69) is 0 Å². The SMILES string of the molecule is O=[P+]1OC2COCC2O1. The summed E-state index contributed by atoms with van der Waals surface area (Å²) in [7, 11) is -1.83. The van der Waals surface area contributed by atoms with Crippen LogP contribution < -0.4 is 0 Å². The molecule has 0 aliphatic carbocycles. The molecule has 0 aromatic heterocycles. The van der Waals surface area contributed by atoms with E-state index in [1.54, 1.807) is 0 Å². The first kappa shape index (κ1) is 5.74. The van der Waals surface area contributed by atoms with Crippen molar-refractivity contribution in [3.8, 4) is 0 Å². The van der Waals surface area contributed by atoms with Crippen LogP contribution in [0.1, 0.15) is 0 Å². The summed E-state index contributed by atoms with van der Waals surface area (Å²) in [5.41, 5.74) is 0. The van der Waals surface area contributed by atoms with Crippen LogP contribution in [0, 0.1) is 0 Å². The highest BCUT2D eigenvalue weighted by Crippen LogP contribution is 2.40. The standard InChI is InChI=1S/C4H6O4P/c5-9-7-3-1-6-2-4(3)8-9/h3-4H,1-2H2/q+1. The quantitative estimate of drug-likeness (QED) is 0.469. The number of hydrogen-bond acceptors (Lipinski definition) is 4. The van der Waals surface area contributed by atoms with Crippen molar-refractivity contribution in [2.24, 2.45) is 0 Å². The summed E-state index contributed by atoms with van der Waals surface area (Å²) >= 11 is 0. The van der Waals surface area contributed by atoms with Gasteiger partial charge in [-0.2, -0.15) is 0 Å². The molecule has 2 aliphatic heterocycles. The molecule has 50 valence electrons. The van der Waals surface area contributed by atoms with Gasteiger partial charge in [0.15, 0.2) is 12.2 Å². The van der Waals surface area contributed by atoms with Crippen molar-refractivity contribution >= 4 is 8.25 Å². The maximum atomic E-state index is 10.5. The van der Waals surface area contributed by atoms with Crippen molar-refractivity contribution in [1.82, 2.24) is 0 Å². The molecule has 0 bridgehead atoms. The van der Waals surface area contributed by atoms with Crippen LogP contribution >= 0.6 is 8.25 Å². The zero-order valence-corrected chi connectivity index (χ0v) is 5.54. The van der Waals surface area contributed by atoms with Crippen molar-refractivity contribution in [3.63, 3.8) is 0 Å². The molecular weight excluding hydrogens is 143 g/mol. The normalized spacial score (nSPS) is 45.6. The van der Waals surface area contributed by atoms with Crippen LogP contribution in [0.2, 0.25) is 0 Å². The van der Waals surface area contributed by atoms with Gasteiger partial charge in [0.2, 0.25) is 0 Å². The smallest absolute Gasteiger partial charge is 0.375 e. The summed E-state index contributed by atoms with van der Waals surface area (Å²) < 4.78 is 25.2. The van der Waals surface area contributed by atoms with Crippen LogP contribution in [-0.2, 0) is 18.3 Å². The maximum absolute atomic E-state index is 10.5. The Bertz CT molecular complexity index is 134. The van der Waals surface area contributed by atoms with E-state index in [1.165, 1.54) is 0 Å². The monoisotopic (exact) mass is 149 g/mol. The lowest BCUT2D eigenvalue weighted by Gasteiger charge is -1.89. The van der Waals surface area contributed by atoms with Gasteiger partial charge in [-0.1, -0.05) is 0 Å². The van der Waals surface area contributed by atoms with Gasteiger partial charge in [-0.15, -0.1) is 9.05 Å². The third-order valence-electron chi connectivity index (χ3n) is 1.42. The van der Waals surface area contributed by atoms with E-state index in [0.717, 1.165) is 0 Å². The Morgan fingerprint density at radius 2 is 1.78 bits per heavy atom. The third kappa shape index (κ3) is 0.883. The van der Waals surface area contributed by atoms with Crippen molar-refractivity contribution in [2.75, 3.05) is 13.2 Å². The van der Waals surface area contributed by atoms with Gasteiger partial charge in [0.1, 0.15) is 0 Å². The Hall–Kier alpha value is -0.0200. The van der Waals surface area contributed by atoms with E-state index < -0.39 is 8.25 Å². The van der Waals surface area contributed by atoms with Gasteiger partial charge in [0.05, 0.1) is 13.2 Å². The first-order valence-electron chi connectivity index (χ1n) is 2.75. The minimum absolute atomic E-state index is 0.0754. The van der Waals surface area contributed by atoms with Crippen LogP contribution in [0.4, 0.5) is 0 Å². The molecule has 0 spiro atoms. The zero-order valence-electron chi connectivity index (χ0n) is 4.65. The lowest BCUT2D eigenvalue weighted by molar-refractivity contribution is 0.136. The molecule has 9 heavy (non-hydrogen) atoms. The Morgan fingerprint density at radius 1 is 1.22 bits per heavy atom. The fourth-order valence-corrected chi connectivity index (χ4v) is 1.84. The average Bonchev–Trinajstić information content (AvgIpc) is 2.22. The van der Waals surface area contributed by atoms with Gasteiger partial charge in [-0.25, -0.2) is 0 Å². The van der Waals surface area contributed by atoms with Gasteiger partial charge >= 0.3 is 8.25 Å². The predicted molar refractivity (Wildman–Crippen MR) is 28.2 cm³/mol. The van der Waals surface area contributed by atoms with Gasteiger partial charge in [-0.05, 0) is 0 Å². The third-order valence-corrected chi connectivity index (χ3v) is 2.31. The number of hydrogen-bond donors (Lipinski definition) is 0. The van der Waals surface area contributed by atoms with Gasteiger partial charge < -0.3 is 4.74 Å². The summed E-state index contributed by atoms with van der Waals surface area (Å²) in [5.74, 6) is 0. The van der Waals surface area contributed by atoms with Gasteiger partial charge in [-0.3, -0.25) is 0 Å². The molecule has 5 heteroatoms. The summed E-state index contributed by atoms with van der Waals surface area (Å²) in [6, 6.07) is 0. The molecule has 2 aliphatic rings. The van der Waals surface area contributed by atoms with Crippen molar-refractivity contribution in [2.45, 2.75) is 12.2 Å². The largest absolute Gasteiger partial charge is 0.698 e. The minimum Gasteiger partial charge on any atom is -0.375 e. The molecule has 0 radical (unpaired) electrons. The summed E-state index contributed by atoms with van der Waals surface area (Å²) in [6.45, 7) is 1.04. The fraction of sp³-hybridized carbons (Fsp3) is 1.00. The molecule has 2 atom stereocenters. The molecule has 2 heterocycles. The molecule has 4 nitrogen and oxygen atoms in total. The van der Waals surface area contributed by atoms with Crippen LogP contribution in [0.5, 0.6) is 0 Å².